The Bertz CT molecular complexity index is 1280. The van der Waals surface area contributed by atoms with Crippen molar-refractivity contribution in [3.8, 4) is 5.75 Å². The van der Waals surface area contributed by atoms with Crippen molar-refractivity contribution in [1.29, 1.82) is 0 Å². The van der Waals surface area contributed by atoms with E-state index in [0.717, 1.165) is 0 Å². The predicted octanol–water partition coefficient (Wildman–Crippen LogP) is 5.55. The fourth-order valence-corrected chi connectivity index (χ4v) is 4.43. The van der Waals surface area contributed by atoms with E-state index in [-0.39, 0.29) is 23.1 Å². The van der Waals surface area contributed by atoms with Crippen LogP contribution in [0.4, 0.5) is 11.4 Å². The smallest absolute Gasteiger partial charge is 0.269 e. The number of nitrogens with one attached hydrogen (secondary N) is 1. The van der Waals surface area contributed by atoms with Gasteiger partial charge in [0.15, 0.2) is 5.78 Å². The van der Waals surface area contributed by atoms with Crippen molar-refractivity contribution in [3.63, 3.8) is 0 Å². The summed E-state index contributed by atoms with van der Waals surface area (Å²) in [6.07, 6.45) is 1.66. The van der Waals surface area contributed by atoms with Gasteiger partial charge in [-0.05, 0) is 86.0 Å². The zero-order valence-corrected chi connectivity index (χ0v) is 18.7. The molecule has 0 saturated heterocycles. The van der Waals surface area contributed by atoms with Crippen molar-refractivity contribution in [2.45, 2.75) is 0 Å². The molecule has 1 amide bonds. The number of nitrogens with zero attached hydrogens (tertiary/aromatic N) is 1. The SMILES string of the molecule is O=C1Nc2ccc(C(=O)c3ccc([N+](=O)[O-])cc3)cc2C1=Cc1cc(Br)c(O)c(Br)c1. The number of fused-ring (bicyclic) bond motifs is 1. The molecule has 3 aromatic carbocycles. The van der Waals surface area contributed by atoms with Gasteiger partial charge in [0.05, 0.1) is 13.9 Å². The number of halogens is 2. The van der Waals surface area contributed by atoms with Crippen molar-refractivity contribution < 1.29 is 19.6 Å². The van der Waals surface area contributed by atoms with E-state index >= 15 is 0 Å². The number of phenolic OH excluding ortho intramolecular Hbond substituents is 1. The van der Waals surface area contributed by atoms with Crippen LogP contribution in [-0.4, -0.2) is 21.7 Å². The number of nitro groups is 1. The Morgan fingerprint density at radius 3 is 2.23 bits per heavy atom. The van der Waals surface area contributed by atoms with Crippen molar-refractivity contribution in [3.05, 3.63) is 95.9 Å². The number of hydrogen-bond donors (Lipinski definition) is 2. The van der Waals surface area contributed by atoms with Crippen LogP contribution in [0.5, 0.6) is 5.75 Å². The van der Waals surface area contributed by atoms with E-state index in [0.29, 0.717) is 42.5 Å². The average Bonchev–Trinajstić information content (AvgIpc) is 3.05. The number of aromatic hydroxyl groups is 1. The van der Waals surface area contributed by atoms with Gasteiger partial charge in [-0.1, -0.05) is 0 Å². The lowest BCUT2D eigenvalue weighted by atomic mass is 9.97. The van der Waals surface area contributed by atoms with E-state index in [9.17, 15) is 24.8 Å². The molecule has 31 heavy (non-hydrogen) atoms. The predicted molar refractivity (Wildman–Crippen MR) is 123 cm³/mol. The van der Waals surface area contributed by atoms with Crippen LogP contribution in [0.1, 0.15) is 27.0 Å². The summed E-state index contributed by atoms with van der Waals surface area (Å²) in [5.74, 6) is -0.573. The Kier molecular flexibility index (Phi) is 5.47. The van der Waals surface area contributed by atoms with E-state index in [1.807, 2.05) is 0 Å². The molecule has 0 radical (unpaired) electrons. The maximum absolute atomic E-state index is 12.9. The number of ketones is 1. The molecule has 0 fully saturated rings. The average molecular weight is 544 g/mol. The van der Waals surface area contributed by atoms with Gasteiger partial charge in [0.2, 0.25) is 0 Å². The highest BCUT2D eigenvalue weighted by molar-refractivity contribution is 9.11. The number of anilines is 1. The van der Waals surface area contributed by atoms with Gasteiger partial charge in [-0.15, -0.1) is 0 Å². The Labute approximate surface area is 192 Å². The molecular weight excluding hydrogens is 532 g/mol. The molecule has 1 heterocycles. The minimum atomic E-state index is -0.530. The van der Waals surface area contributed by atoms with Crippen LogP contribution in [0.25, 0.3) is 11.6 Å². The molecule has 0 atom stereocenters. The second-order valence-electron chi connectivity index (χ2n) is 6.74. The van der Waals surface area contributed by atoms with E-state index < -0.39 is 4.92 Å². The lowest BCUT2D eigenvalue weighted by molar-refractivity contribution is -0.384. The number of nitro benzene ring substituents is 1. The maximum atomic E-state index is 12.9. The summed E-state index contributed by atoms with van der Waals surface area (Å²) in [4.78, 5) is 35.7. The molecule has 0 bridgehead atoms. The zero-order valence-electron chi connectivity index (χ0n) is 15.6. The molecule has 0 unspecified atom stereocenters. The quantitative estimate of drug-likeness (QED) is 0.194. The van der Waals surface area contributed by atoms with Gasteiger partial charge in [0.1, 0.15) is 5.75 Å². The second-order valence-corrected chi connectivity index (χ2v) is 8.45. The third-order valence-corrected chi connectivity index (χ3v) is 5.96. The molecule has 4 rings (SSSR count). The molecule has 7 nitrogen and oxygen atoms in total. The molecule has 0 aliphatic carbocycles. The summed E-state index contributed by atoms with van der Waals surface area (Å²) in [5, 5.41) is 23.5. The van der Waals surface area contributed by atoms with E-state index in [1.165, 1.54) is 24.3 Å². The fourth-order valence-electron chi connectivity index (χ4n) is 3.21. The van der Waals surface area contributed by atoms with Crippen LogP contribution in [0.3, 0.4) is 0 Å². The summed E-state index contributed by atoms with van der Waals surface area (Å²) < 4.78 is 0.934. The monoisotopic (exact) mass is 542 g/mol. The van der Waals surface area contributed by atoms with Crippen molar-refractivity contribution >= 4 is 66.6 Å². The van der Waals surface area contributed by atoms with Crippen molar-refractivity contribution in [1.82, 2.24) is 0 Å². The molecule has 2 N–H and O–H groups in total. The van der Waals surface area contributed by atoms with Gasteiger partial charge in [-0.3, -0.25) is 19.7 Å². The number of carbonyl (C=O) groups excluding carboxylic acids is 2. The number of rotatable bonds is 4. The standard InChI is InChI=1S/C22H12Br2N2O5/c23-17-8-11(9-18(24)21(17)28)7-16-15-10-13(3-6-19(15)25-22(16)29)20(27)12-1-4-14(5-2-12)26(30)31/h1-10,28H,(H,25,29). The Hall–Kier alpha value is -3.30. The Balaban J connectivity index is 1.72. The van der Waals surface area contributed by atoms with Crippen LogP contribution in [0.15, 0.2) is 63.5 Å². The van der Waals surface area contributed by atoms with Crippen LogP contribution in [-0.2, 0) is 4.79 Å². The van der Waals surface area contributed by atoms with Crippen LogP contribution in [0, 0.1) is 10.1 Å². The van der Waals surface area contributed by atoms with E-state index in [1.54, 1.807) is 36.4 Å². The third-order valence-electron chi connectivity index (χ3n) is 4.76. The molecule has 154 valence electrons. The number of phenols is 1. The molecule has 1 aliphatic rings. The molecule has 0 aromatic heterocycles. The highest BCUT2D eigenvalue weighted by Gasteiger charge is 2.26. The molecular formula is C22H12Br2N2O5. The first-order valence-corrected chi connectivity index (χ1v) is 10.5. The first-order valence-electron chi connectivity index (χ1n) is 8.89. The first kappa shape index (κ1) is 21.0. The lowest BCUT2D eigenvalue weighted by Gasteiger charge is -2.06. The van der Waals surface area contributed by atoms with Gasteiger partial charge < -0.3 is 10.4 Å². The summed E-state index contributed by atoms with van der Waals surface area (Å²) >= 11 is 6.53. The summed E-state index contributed by atoms with van der Waals surface area (Å²) in [7, 11) is 0. The zero-order chi connectivity index (χ0) is 22.3. The minimum Gasteiger partial charge on any atom is -0.506 e. The minimum absolute atomic E-state index is 0.0504. The van der Waals surface area contributed by atoms with Gasteiger partial charge in [0, 0.05) is 40.1 Å². The Morgan fingerprint density at radius 2 is 1.61 bits per heavy atom. The van der Waals surface area contributed by atoms with Gasteiger partial charge in [-0.25, -0.2) is 0 Å². The summed E-state index contributed by atoms with van der Waals surface area (Å²) in [6, 6.07) is 13.6. The van der Waals surface area contributed by atoms with Crippen LogP contribution in [0.2, 0.25) is 0 Å². The van der Waals surface area contributed by atoms with Crippen molar-refractivity contribution in [2.24, 2.45) is 0 Å². The summed E-state index contributed by atoms with van der Waals surface area (Å²) in [5.41, 5.74) is 2.74. The van der Waals surface area contributed by atoms with Gasteiger partial charge in [0.25, 0.3) is 11.6 Å². The first-order chi connectivity index (χ1) is 14.7. The topological polar surface area (TPSA) is 110 Å². The highest BCUT2D eigenvalue weighted by atomic mass is 79.9. The largest absolute Gasteiger partial charge is 0.506 e. The fraction of sp³-hybridized carbons (Fsp3) is 0. The molecule has 0 spiro atoms. The number of carbonyl (C=O) groups is 2. The van der Waals surface area contributed by atoms with E-state index in [4.69, 9.17) is 0 Å². The van der Waals surface area contributed by atoms with Gasteiger partial charge in [-0.2, -0.15) is 0 Å². The normalized spacial score (nSPS) is 13.7. The third kappa shape index (κ3) is 4.01. The highest BCUT2D eigenvalue weighted by Crippen LogP contribution is 2.37. The Morgan fingerprint density at radius 1 is 1.00 bits per heavy atom. The number of benzene rings is 3. The molecule has 3 aromatic rings. The van der Waals surface area contributed by atoms with Crippen molar-refractivity contribution in [2.75, 3.05) is 5.32 Å². The lowest BCUT2D eigenvalue weighted by Crippen LogP contribution is -2.03. The number of non-ortho nitro benzene ring substituents is 1. The van der Waals surface area contributed by atoms with Crippen LogP contribution >= 0.6 is 31.9 Å². The molecule has 9 heteroatoms. The molecule has 1 aliphatic heterocycles. The summed E-state index contributed by atoms with van der Waals surface area (Å²) in [6.45, 7) is 0. The second kappa shape index (κ2) is 8.09. The van der Waals surface area contributed by atoms with E-state index in [2.05, 4.69) is 37.2 Å². The number of hydrogen-bond acceptors (Lipinski definition) is 5. The van der Waals surface area contributed by atoms with Crippen LogP contribution < -0.4 is 5.32 Å². The van der Waals surface area contributed by atoms with Gasteiger partial charge >= 0.3 is 0 Å². The molecule has 0 saturated carbocycles. The maximum Gasteiger partial charge on any atom is 0.269 e. The number of amides is 1.